The van der Waals surface area contributed by atoms with Gasteiger partial charge in [-0.2, -0.15) is 0 Å². The summed E-state index contributed by atoms with van der Waals surface area (Å²) in [5.74, 6) is 5.93. The number of carbonyl (C=O) groups is 1. The molecule has 0 atom stereocenters. The number of nitrogens with zero attached hydrogens (tertiary/aromatic N) is 1. The fourth-order valence-corrected chi connectivity index (χ4v) is 2.12. The minimum Gasteiger partial charge on any atom is -0.327 e. The number of urea groups is 1. The van der Waals surface area contributed by atoms with Crippen molar-refractivity contribution >= 4 is 17.6 Å². The van der Waals surface area contributed by atoms with Crippen molar-refractivity contribution in [2.24, 2.45) is 0 Å². The quantitative estimate of drug-likeness (QED) is 0.864. The summed E-state index contributed by atoms with van der Waals surface area (Å²) in [4.78, 5) is 13.6. The zero-order valence-electron chi connectivity index (χ0n) is 12.3. The first-order valence-electron chi connectivity index (χ1n) is 6.92. The van der Waals surface area contributed by atoms with Gasteiger partial charge in [-0.3, -0.25) is 0 Å². The highest BCUT2D eigenvalue weighted by Crippen LogP contribution is 2.12. The Morgan fingerprint density at radius 2 is 1.95 bits per heavy atom. The molecule has 4 heteroatoms. The van der Waals surface area contributed by atoms with Crippen molar-refractivity contribution in [1.82, 2.24) is 10.2 Å². The normalized spacial score (nSPS) is 9.55. The van der Waals surface area contributed by atoms with Crippen molar-refractivity contribution in [2.75, 3.05) is 13.6 Å². The highest BCUT2D eigenvalue weighted by atomic mass is 35.5. The second-order valence-corrected chi connectivity index (χ2v) is 5.25. The number of hydrogen-bond acceptors (Lipinski definition) is 1. The van der Waals surface area contributed by atoms with Crippen LogP contribution in [0.5, 0.6) is 0 Å². The van der Waals surface area contributed by atoms with E-state index >= 15 is 0 Å². The first-order valence-corrected chi connectivity index (χ1v) is 7.30. The van der Waals surface area contributed by atoms with Gasteiger partial charge in [-0.15, -0.1) is 0 Å². The maximum absolute atomic E-state index is 12.0. The smallest absolute Gasteiger partial charge is 0.318 e. The lowest BCUT2D eigenvalue weighted by Crippen LogP contribution is -2.36. The molecule has 0 radical (unpaired) electrons. The summed E-state index contributed by atoms with van der Waals surface area (Å²) in [6, 6.07) is 17.0. The highest BCUT2D eigenvalue weighted by molar-refractivity contribution is 6.30. The Labute approximate surface area is 135 Å². The lowest BCUT2D eigenvalue weighted by Gasteiger charge is -2.17. The molecule has 0 unspecified atom stereocenters. The predicted octanol–water partition coefficient (Wildman–Crippen LogP) is 3.53. The molecule has 3 nitrogen and oxygen atoms in total. The molecule has 0 saturated heterocycles. The van der Waals surface area contributed by atoms with Gasteiger partial charge in [0.1, 0.15) is 0 Å². The monoisotopic (exact) mass is 312 g/mol. The van der Waals surface area contributed by atoms with Gasteiger partial charge in [-0.05, 0) is 29.8 Å². The first-order chi connectivity index (χ1) is 10.6. The third-order valence-electron chi connectivity index (χ3n) is 2.99. The van der Waals surface area contributed by atoms with Gasteiger partial charge in [-0.1, -0.05) is 53.8 Å². The molecule has 0 spiro atoms. The Hall–Kier alpha value is -2.44. The minimum absolute atomic E-state index is 0.165. The van der Waals surface area contributed by atoms with Crippen LogP contribution < -0.4 is 5.32 Å². The predicted molar refractivity (Wildman–Crippen MR) is 89.6 cm³/mol. The highest BCUT2D eigenvalue weighted by Gasteiger charge is 2.07. The minimum atomic E-state index is -0.165. The molecular formula is C18H17ClN2O. The maximum atomic E-state index is 12.0. The van der Waals surface area contributed by atoms with Gasteiger partial charge in [0.15, 0.2) is 0 Å². The van der Waals surface area contributed by atoms with Gasteiger partial charge in [0.2, 0.25) is 0 Å². The zero-order chi connectivity index (χ0) is 15.8. The van der Waals surface area contributed by atoms with Gasteiger partial charge >= 0.3 is 6.03 Å². The molecular weight excluding hydrogens is 296 g/mol. The third kappa shape index (κ3) is 5.16. The molecule has 0 aliphatic rings. The molecule has 0 bridgehead atoms. The zero-order valence-corrected chi connectivity index (χ0v) is 13.1. The summed E-state index contributed by atoms with van der Waals surface area (Å²) in [6.45, 7) is 0.812. The van der Waals surface area contributed by atoms with Crippen LogP contribution >= 0.6 is 11.6 Å². The molecule has 0 heterocycles. The maximum Gasteiger partial charge on any atom is 0.318 e. The molecule has 112 valence electrons. The van der Waals surface area contributed by atoms with Gasteiger partial charge in [0, 0.05) is 24.2 Å². The van der Waals surface area contributed by atoms with E-state index in [2.05, 4.69) is 17.2 Å². The Morgan fingerprint density at radius 1 is 1.18 bits per heavy atom. The summed E-state index contributed by atoms with van der Waals surface area (Å²) in [5.41, 5.74) is 1.92. The molecule has 0 aliphatic carbocycles. The Bertz CT molecular complexity index is 689. The summed E-state index contributed by atoms with van der Waals surface area (Å²) in [5, 5.41) is 3.43. The van der Waals surface area contributed by atoms with E-state index in [1.54, 1.807) is 11.9 Å². The molecule has 0 saturated carbocycles. The van der Waals surface area contributed by atoms with E-state index in [9.17, 15) is 4.79 Å². The number of hydrogen-bond donors (Lipinski definition) is 1. The lowest BCUT2D eigenvalue weighted by atomic mass is 10.2. The van der Waals surface area contributed by atoms with Crippen molar-refractivity contribution in [1.29, 1.82) is 0 Å². The van der Waals surface area contributed by atoms with Crippen LogP contribution in [-0.4, -0.2) is 24.5 Å². The van der Waals surface area contributed by atoms with Crippen molar-refractivity contribution in [2.45, 2.75) is 6.54 Å². The molecule has 2 amide bonds. The third-order valence-corrected chi connectivity index (χ3v) is 3.23. The molecule has 0 fully saturated rings. The largest absolute Gasteiger partial charge is 0.327 e. The molecule has 2 aromatic rings. The summed E-state index contributed by atoms with van der Waals surface area (Å²) in [6.07, 6.45) is 0. The average Bonchev–Trinajstić information content (AvgIpc) is 2.52. The van der Waals surface area contributed by atoms with E-state index in [0.29, 0.717) is 18.1 Å². The van der Waals surface area contributed by atoms with Crippen LogP contribution in [0, 0.1) is 11.8 Å². The SMILES string of the molecule is CN(Cc1cccc(Cl)c1)C(=O)NCC#Cc1ccccc1. The Balaban J connectivity index is 1.81. The lowest BCUT2D eigenvalue weighted by molar-refractivity contribution is 0.208. The second-order valence-electron chi connectivity index (χ2n) is 4.81. The van der Waals surface area contributed by atoms with Crippen molar-refractivity contribution in [3.05, 3.63) is 70.7 Å². The number of carbonyl (C=O) groups excluding carboxylic acids is 1. The standard InChI is InChI=1S/C18H17ClN2O/c1-21(14-16-9-5-11-17(19)13-16)18(22)20-12-6-10-15-7-3-2-4-8-15/h2-5,7-9,11,13H,12,14H2,1H3,(H,20,22). The van der Waals surface area contributed by atoms with Crippen molar-refractivity contribution in [3.63, 3.8) is 0 Å². The van der Waals surface area contributed by atoms with Crippen LogP contribution in [0.1, 0.15) is 11.1 Å². The first kappa shape index (κ1) is 15.9. The van der Waals surface area contributed by atoms with Crippen LogP contribution in [0.2, 0.25) is 5.02 Å². The van der Waals surface area contributed by atoms with Crippen LogP contribution in [0.25, 0.3) is 0 Å². The molecule has 1 N–H and O–H groups in total. The van der Waals surface area contributed by atoms with E-state index in [4.69, 9.17) is 11.6 Å². The van der Waals surface area contributed by atoms with Crippen LogP contribution in [-0.2, 0) is 6.54 Å². The molecule has 22 heavy (non-hydrogen) atoms. The van der Waals surface area contributed by atoms with Gasteiger partial charge < -0.3 is 10.2 Å². The summed E-state index contributed by atoms with van der Waals surface area (Å²) in [7, 11) is 1.74. The number of amides is 2. The summed E-state index contributed by atoms with van der Waals surface area (Å²) < 4.78 is 0. The van der Waals surface area contributed by atoms with Crippen LogP contribution in [0.4, 0.5) is 4.79 Å². The molecule has 2 aromatic carbocycles. The van der Waals surface area contributed by atoms with Gasteiger partial charge in [-0.25, -0.2) is 4.79 Å². The topological polar surface area (TPSA) is 32.3 Å². The number of rotatable bonds is 3. The van der Waals surface area contributed by atoms with Crippen molar-refractivity contribution in [3.8, 4) is 11.8 Å². The number of halogens is 1. The Kier molecular flexibility index (Phi) is 5.88. The van der Waals surface area contributed by atoms with E-state index < -0.39 is 0 Å². The van der Waals surface area contributed by atoms with Crippen LogP contribution in [0.3, 0.4) is 0 Å². The number of nitrogens with one attached hydrogen (secondary N) is 1. The number of benzene rings is 2. The Morgan fingerprint density at radius 3 is 2.68 bits per heavy atom. The van der Waals surface area contributed by atoms with Gasteiger partial charge in [0.25, 0.3) is 0 Å². The van der Waals surface area contributed by atoms with E-state index in [1.165, 1.54) is 0 Å². The van der Waals surface area contributed by atoms with E-state index in [-0.39, 0.29) is 6.03 Å². The average molecular weight is 313 g/mol. The molecule has 2 rings (SSSR count). The van der Waals surface area contributed by atoms with Crippen molar-refractivity contribution < 1.29 is 4.79 Å². The second kappa shape index (κ2) is 8.11. The molecule has 0 aromatic heterocycles. The fraction of sp³-hybridized carbons (Fsp3) is 0.167. The summed E-state index contributed by atoms with van der Waals surface area (Å²) >= 11 is 5.93. The molecule has 0 aliphatic heterocycles. The van der Waals surface area contributed by atoms with Crippen LogP contribution in [0.15, 0.2) is 54.6 Å². The van der Waals surface area contributed by atoms with E-state index in [1.807, 2.05) is 54.6 Å². The van der Waals surface area contributed by atoms with E-state index in [0.717, 1.165) is 11.1 Å². The van der Waals surface area contributed by atoms with Gasteiger partial charge in [0.05, 0.1) is 6.54 Å². The fourth-order valence-electron chi connectivity index (χ4n) is 1.90.